The number of aromatic nitrogens is 3. The molecule has 4 aromatic rings. The zero-order chi connectivity index (χ0) is 22.8. The Morgan fingerprint density at radius 2 is 1.73 bits per heavy atom. The number of carbonyl (C=O) groups excluding carboxylic acids is 1. The highest BCUT2D eigenvalue weighted by Gasteiger charge is 2.24. The molecule has 2 aromatic carbocycles. The minimum absolute atomic E-state index is 0.280. The van der Waals surface area contributed by atoms with Gasteiger partial charge < -0.3 is 20.4 Å². The molecule has 1 fully saturated rings. The number of rotatable bonds is 6. The molecule has 0 aliphatic carbocycles. The fraction of sp³-hybridized carbons (Fsp3) is 0.320. The van der Waals surface area contributed by atoms with Crippen molar-refractivity contribution in [1.29, 1.82) is 0 Å². The van der Waals surface area contributed by atoms with Crippen molar-refractivity contribution in [1.82, 2.24) is 19.4 Å². The van der Waals surface area contributed by atoms with Crippen LogP contribution in [0.3, 0.4) is 0 Å². The largest absolute Gasteiger partial charge is 0.384 e. The smallest absolute Gasteiger partial charge is 0.261 e. The second kappa shape index (κ2) is 9.17. The molecule has 3 N–H and O–H groups in total. The molecular formula is C25H28N6O2. The molecule has 2 aromatic heterocycles. The van der Waals surface area contributed by atoms with Crippen LogP contribution in [0.15, 0.2) is 48.5 Å². The van der Waals surface area contributed by atoms with E-state index in [0.29, 0.717) is 34.8 Å². The van der Waals surface area contributed by atoms with E-state index in [4.69, 9.17) is 20.4 Å². The predicted molar refractivity (Wildman–Crippen MR) is 130 cm³/mol. The van der Waals surface area contributed by atoms with E-state index >= 15 is 0 Å². The third-order valence-corrected chi connectivity index (χ3v) is 6.09. The summed E-state index contributed by atoms with van der Waals surface area (Å²) in [6.07, 6.45) is 0.890. The van der Waals surface area contributed by atoms with Gasteiger partial charge in [-0.15, -0.1) is 0 Å². The number of nitrogen functional groups attached to an aromatic ring is 1. The number of fused-ring (bicyclic) bond motifs is 2. The van der Waals surface area contributed by atoms with Crippen LogP contribution in [0.5, 0.6) is 0 Å². The Balaban J connectivity index is 1.50. The number of aryl methyl sites for hydroxylation is 2. The highest BCUT2D eigenvalue weighted by molar-refractivity contribution is 6.16. The van der Waals surface area contributed by atoms with E-state index in [1.165, 1.54) is 0 Å². The Morgan fingerprint density at radius 1 is 1.03 bits per heavy atom. The molecule has 0 unspecified atom stereocenters. The van der Waals surface area contributed by atoms with Crippen molar-refractivity contribution in [3.05, 3.63) is 59.7 Å². The maximum Gasteiger partial charge on any atom is 0.261 e. The Labute approximate surface area is 192 Å². The SMILES string of the molecule is Cc1ccc(NC(=O)c2c(N)n(CCCN3CCOCC3)c3nc4ccccc4nc23)cc1. The number of nitrogens with two attached hydrogens (primary N) is 1. The van der Waals surface area contributed by atoms with Gasteiger partial charge in [0.2, 0.25) is 0 Å². The lowest BCUT2D eigenvalue weighted by molar-refractivity contribution is 0.0370. The first-order valence-electron chi connectivity index (χ1n) is 11.3. The fourth-order valence-electron chi connectivity index (χ4n) is 4.27. The molecule has 0 atom stereocenters. The summed E-state index contributed by atoms with van der Waals surface area (Å²) >= 11 is 0. The van der Waals surface area contributed by atoms with Gasteiger partial charge in [-0.25, -0.2) is 9.97 Å². The molecule has 0 spiro atoms. The van der Waals surface area contributed by atoms with E-state index in [9.17, 15) is 4.79 Å². The zero-order valence-corrected chi connectivity index (χ0v) is 18.8. The van der Waals surface area contributed by atoms with Crippen molar-refractivity contribution in [3.63, 3.8) is 0 Å². The van der Waals surface area contributed by atoms with Crippen molar-refractivity contribution in [2.75, 3.05) is 43.9 Å². The average molecular weight is 445 g/mol. The Bertz CT molecular complexity index is 1290. The molecule has 1 aliphatic heterocycles. The van der Waals surface area contributed by atoms with E-state index < -0.39 is 0 Å². The standard InChI is InChI=1S/C25H28N6O2/c1-17-7-9-18(10-8-17)27-25(32)21-22-24(29-20-6-3-2-5-19(20)28-22)31(23(21)26)12-4-11-30-13-15-33-16-14-30/h2-3,5-10H,4,11-16,26H2,1H3,(H,27,32). The number of morpholine rings is 1. The number of hydrogen-bond donors (Lipinski definition) is 2. The second-order valence-electron chi connectivity index (χ2n) is 8.42. The topological polar surface area (TPSA) is 98.3 Å². The molecule has 33 heavy (non-hydrogen) atoms. The van der Waals surface area contributed by atoms with Crippen LogP contribution in [0.2, 0.25) is 0 Å². The van der Waals surface area contributed by atoms with E-state index in [0.717, 1.165) is 55.9 Å². The number of anilines is 2. The third kappa shape index (κ3) is 4.40. The Hall–Kier alpha value is -3.49. The Morgan fingerprint density at radius 3 is 2.45 bits per heavy atom. The number of ether oxygens (including phenoxy) is 1. The van der Waals surface area contributed by atoms with Crippen molar-refractivity contribution in [2.45, 2.75) is 19.9 Å². The number of benzene rings is 2. The maximum atomic E-state index is 13.3. The summed E-state index contributed by atoms with van der Waals surface area (Å²) in [5.41, 5.74) is 11.5. The van der Waals surface area contributed by atoms with Gasteiger partial charge in [0.1, 0.15) is 16.9 Å². The van der Waals surface area contributed by atoms with Crippen LogP contribution in [0.1, 0.15) is 22.3 Å². The zero-order valence-electron chi connectivity index (χ0n) is 18.8. The van der Waals surface area contributed by atoms with E-state index in [1.54, 1.807) is 0 Å². The monoisotopic (exact) mass is 444 g/mol. The lowest BCUT2D eigenvalue weighted by atomic mass is 10.2. The van der Waals surface area contributed by atoms with Gasteiger partial charge in [0.25, 0.3) is 5.91 Å². The van der Waals surface area contributed by atoms with Gasteiger partial charge in [-0.3, -0.25) is 9.69 Å². The highest BCUT2D eigenvalue weighted by atomic mass is 16.5. The van der Waals surface area contributed by atoms with Crippen LogP contribution in [0, 0.1) is 6.92 Å². The minimum atomic E-state index is -0.280. The molecule has 1 saturated heterocycles. The van der Waals surface area contributed by atoms with E-state index in [1.807, 2.05) is 60.0 Å². The summed E-state index contributed by atoms with van der Waals surface area (Å²) in [5, 5.41) is 2.97. The molecule has 8 heteroatoms. The lowest BCUT2D eigenvalue weighted by Crippen LogP contribution is -2.37. The molecule has 1 amide bonds. The average Bonchev–Trinajstić information content (AvgIpc) is 3.10. The van der Waals surface area contributed by atoms with Gasteiger partial charge >= 0.3 is 0 Å². The fourth-order valence-corrected chi connectivity index (χ4v) is 4.27. The summed E-state index contributed by atoms with van der Waals surface area (Å²) in [7, 11) is 0. The molecule has 170 valence electrons. The van der Waals surface area contributed by atoms with Crippen molar-refractivity contribution < 1.29 is 9.53 Å². The lowest BCUT2D eigenvalue weighted by Gasteiger charge is -2.26. The van der Waals surface area contributed by atoms with Gasteiger partial charge in [-0.1, -0.05) is 29.8 Å². The van der Waals surface area contributed by atoms with Crippen molar-refractivity contribution in [2.24, 2.45) is 0 Å². The van der Waals surface area contributed by atoms with Gasteiger partial charge in [0.05, 0.1) is 24.2 Å². The summed E-state index contributed by atoms with van der Waals surface area (Å²) in [4.78, 5) is 25.3. The number of carbonyl (C=O) groups is 1. The molecule has 8 nitrogen and oxygen atoms in total. The first-order valence-corrected chi connectivity index (χ1v) is 11.3. The molecule has 1 aliphatic rings. The van der Waals surface area contributed by atoms with Gasteiger partial charge in [0.15, 0.2) is 5.65 Å². The van der Waals surface area contributed by atoms with Crippen LogP contribution in [-0.2, 0) is 11.3 Å². The Kier molecular flexibility index (Phi) is 5.93. The van der Waals surface area contributed by atoms with E-state index in [2.05, 4.69) is 10.2 Å². The predicted octanol–water partition coefficient (Wildman–Crippen LogP) is 3.45. The van der Waals surface area contributed by atoms with Crippen molar-refractivity contribution in [3.8, 4) is 0 Å². The first-order chi connectivity index (χ1) is 16.1. The molecule has 5 rings (SSSR count). The summed E-state index contributed by atoms with van der Waals surface area (Å²) in [5.74, 6) is 0.116. The number of hydrogen-bond acceptors (Lipinski definition) is 6. The summed E-state index contributed by atoms with van der Waals surface area (Å²) in [6.45, 7) is 7.03. The summed E-state index contributed by atoms with van der Waals surface area (Å²) in [6, 6.07) is 15.4. The van der Waals surface area contributed by atoms with Crippen LogP contribution >= 0.6 is 0 Å². The quantitative estimate of drug-likeness (QED) is 0.473. The first kappa shape index (κ1) is 21.4. The van der Waals surface area contributed by atoms with Crippen molar-refractivity contribution >= 4 is 39.6 Å². The molecule has 0 radical (unpaired) electrons. The molecule has 0 bridgehead atoms. The van der Waals surface area contributed by atoms with Gasteiger partial charge in [0, 0.05) is 31.9 Å². The van der Waals surface area contributed by atoms with Gasteiger partial charge in [-0.2, -0.15) is 0 Å². The maximum absolute atomic E-state index is 13.3. The molecular weight excluding hydrogens is 416 g/mol. The number of para-hydroxylation sites is 2. The number of amides is 1. The van der Waals surface area contributed by atoms with Crippen LogP contribution in [-0.4, -0.2) is 58.2 Å². The number of nitrogens with zero attached hydrogens (tertiary/aromatic N) is 4. The van der Waals surface area contributed by atoms with E-state index in [-0.39, 0.29) is 5.91 Å². The minimum Gasteiger partial charge on any atom is -0.384 e. The van der Waals surface area contributed by atoms with Crippen LogP contribution < -0.4 is 11.1 Å². The third-order valence-electron chi connectivity index (χ3n) is 6.09. The van der Waals surface area contributed by atoms with Gasteiger partial charge in [-0.05, 0) is 37.6 Å². The number of nitrogens with one attached hydrogen (secondary N) is 1. The van der Waals surface area contributed by atoms with Crippen LogP contribution in [0.4, 0.5) is 11.5 Å². The molecule has 3 heterocycles. The van der Waals surface area contributed by atoms with Crippen LogP contribution in [0.25, 0.3) is 22.2 Å². The normalized spacial score (nSPS) is 14.7. The second-order valence-corrected chi connectivity index (χ2v) is 8.42. The summed E-state index contributed by atoms with van der Waals surface area (Å²) < 4.78 is 7.37. The highest BCUT2D eigenvalue weighted by Crippen LogP contribution is 2.29. The molecule has 0 saturated carbocycles.